The summed E-state index contributed by atoms with van der Waals surface area (Å²) in [6, 6.07) is 58.0. The predicted molar refractivity (Wildman–Crippen MR) is 479 cm³/mol. The van der Waals surface area contributed by atoms with Gasteiger partial charge in [-0.3, -0.25) is 0 Å². The number of hydrogen-bond donors (Lipinski definition) is 7. The van der Waals surface area contributed by atoms with Crippen LogP contribution < -0.4 is 61.8 Å². The molecule has 0 radical (unpaired) electrons. The number of nitrogens with one attached hydrogen (secondary N) is 4. The van der Waals surface area contributed by atoms with E-state index in [1.807, 2.05) is 93.6 Å². The first kappa shape index (κ1) is 92.5. The van der Waals surface area contributed by atoms with E-state index < -0.39 is 37.2 Å². The van der Waals surface area contributed by atoms with Crippen LogP contribution in [0.4, 0.5) is 17.5 Å². The van der Waals surface area contributed by atoms with Gasteiger partial charge in [-0.25, -0.2) is 67.1 Å². The Morgan fingerprint density at radius 1 is 0.405 bits per heavy atom. The molecule has 25 nitrogen and oxygen atoms in total. The van der Waals surface area contributed by atoms with Crippen LogP contribution in [0.3, 0.4) is 0 Å². The molecule has 4 saturated carbocycles. The van der Waals surface area contributed by atoms with Crippen molar-refractivity contribution in [2.45, 2.75) is 190 Å². The summed E-state index contributed by atoms with van der Waals surface area (Å²) in [4.78, 5) is 39.5. The average Bonchev–Trinajstić information content (AvgIpc) is 1.61. The number of nitrogens with zero attached hydrogens (tertiary/aromatic N) is 11. The van der Waals surface area contributed by atoms with Crippen LogP contribution in [0.1, 0.15) is 142 Å². The summed E-state index contributed by atoms with van der Waals surface area (Å²) in [7, 11) is -12.0. The Hall–Kier alpha value is -9.18. The molecule has 0 unspecified atom stereocenters. The quantitative estimate of drug-likeness (QED) is 0.0285. The summed E-state index contributed by atoms with van der Waals surface area (Å²) >= 11 is 18.0. The summed E-state index contributed by atoms with van der Waals surface area (Å²) in [5, 5.41) is 39.0. The molecule has 0 bridgehead atoms. The normalized spacial score (nSPS) is 14.4. The van der Waals surface area contributed by atoms with Crippen molar-refractivity contribution in [1.82, 2.24) is 56.8 Å². The number of nitrogens with two attached hydrogens (primary N) is 1. The zero-order valence-corrected chi connectivity index (χ0v) is 75.9. The molecule has 0 amide bonds. The molecule has 121 heavy (non-hydrogen) atoms. The third-order valence-corrected chi connectivity index (χ3v) is 27.3. The standard InChI is InChI=1S/C25H26N4O2S.C19H21ClN4O2S.C18H20N4.C14H11Cl2N3O2S.C6H7BO2.C5H11N.CH3O.Na/c1-17-12-14-21(15-13-17)32(30,31)29-18(2)16-22-24(26-20-10-6-7-11-20)27-23(28-25(22)29)19-8-4-3-5-9-19;1-12-7-9-15(10-8-12)27(25,26)24-13(2)11-16-17(21-14-5-3-4-6-14)22-19(20)23-18(16)24;1-12-11-15-17(19-12)21-16(13-7-3-2-4-8-13)22-18(15)20-14-9-5-6-10-14;1-8-3-5-10(6-4-8)22(20,21)19-9(2)7-11-12(15)17-14(16)18-13(11)19;8-7(9)6-4-2-1-3-5-6;6-5-3-1-2-4-5;1-2;/h3-5,8-9,12-16,20H,6-7,10-11H2,1-2H3,(H,26,27,28);7-11,14H,3-6H2,1-2H3,(H,21,22,23);2-4,7-8,11,14H,5-6,9-10H2,1H3,(H2,19,20,21,22);3-7H,1-2H3;1-5,8-9H;5H,1-4,6H2;1H3;/q;;;;;;-1;+1. The zero-order valence-electron chi connectivity index (χ0n) is 69.2. The Morgan fingerprint density at radius 2 is 0.727 bits per heavy atom. The Labute approximate surface area is 744 Å². The molecule has 0 aliphatic heterocycles. The number of H-pyrrole nitrogens is 1. The molecule has 8 N–H and O–H groups in total. The van der Waals surface area contributed by atoms with Gasteiger partial charge in [0.25, 0.3) is 30.1 Å². The number of hydrogen-bond acceptors (Lipinski definition) is 21. The molecule has 4 aliphatic carbocycles. The van der Waals surface area contributed by atoms with E-state index in [-0.39, 0.29) is 65.6 Å². The van der Waals surface area contributed by atoms with E-state index >= 15 is 0 Å². The average molecular weight is 1760 g/mol. The van der Waals surface area contributed by atoms with Gasteiger partial charge in [-0.05, 0) is 189 Å². The molecule has 628 valence electrons. The SMILES string of the molecule is C[O-].Cc1cc2c(NC3CCCC3)nc(-c3ccccc3)nc2[nH]1.Cc1ccc(S(=O)(=O)n2c(C)cc3c(Cl)nc(Cl)nc32)cc1.Cc1ccc(S(=O)(=O)n2c(C)cc3c(NC4CCCC4)nc(-c4ccccc4)nc32)cc1.Cc1ccc(S(=O)(=O)n2c(C)cc3c(NC4CCCC4)nc(Cl)nc32)cc1.NC1CCCC1.OB(O)c1ccccc1.[Na+]. The van der Waals surface area contributed by atoms with Gasteiger partial charge < -0.3 is 41.8 Å². The van der Waals surface area contributed by atoms with E-state index in [0.717, 1.165) is 98.3 Å². The number of aryl methyl sites for hydroxylation is 7. The maximum atomic E-state index is 13.6. The molecule has 0 spiro atoms. The van der Waals surface area contributed by atoms with Gasteiger partial charge in [0.05, 0.1) is 36.2 Å². The fourth-order valence-electron chi connectivity index (χ4n) is 15.1. The number of aromatic amines is 1. The second-order valence-corrected chi connectivity index (χ2v) is 36.8. The van der Waals surface area contributed by atoms with Crippen molar-refractivity contribution in [2.75, 3.05) is 23.1 Å². The Bertz CT molecular complexity index is 6200. The molecular weight excluding hydrogens is 1660 g/mol. The number of benzene rings is 6. The predicted octanol–water partition coefficient (Wildman–Crippen LogP) is 13.7. The van der Waals surface area contributed by atoms with E-state index in [4.69, 9.17) is 75.6 Å². The smallest absolute Gasteiger partial charge is 0.857 e. The molecule has 4 fully saturated rings. The van der Waals surface area contributed by atoms with Gasteiger partial charge in [0.2, 0.25) is 10.6 Å². The molecule has 18 rings (SSSR count). The monoisotopic (exact) mass is 1760 g/mol. The van der Waals surface area contributed by atoms with Crippen molar-refractivity contribution in [1.29, 1.82) is 0 Å². The number of anilines is 3. The first-order valence-corrected chi connectivity index (χ1v) is 45.5. The van der Waals surface area contributed by atoms with Gasteiger partial charge in [0.15, 0.2) is 28.6 Å². The Balaban J connectivity index is 0.000000148. The van der Waals surface area contributed by atoms with Gasteiger partial charge in [-0.1, -0.05) is 207 Å². The summed E-state index contributed by atoms with van der Waals surface area (Å²) in [5.74, 6) is 3.53. The second-order valence-electron chi connectivity index (χ2n) is 30.4. The van der Waals surface area contributed by atoms with Crippen molar-refractivity contribution in [2.24, 2.45) is 5.73 Å². The van der Waals surface area contributed by atoms with Crippen LogP contribution in [-0.4, -0.2) is 130 Å². The van der Waals surface area contributed by atoms with Crippen LogP contribution in [0.2, 0.25) is 15.7 Å². The summed E-state index contributed by atoms with van der Waals surface area (Å²) < 4.78 is 83.2. The van der Waals surface area contributed by atoms with E-state index in [0.29, 0.717) is 86.2 Å². The van der Waals surface area contributed by atoms with E-state index in [9.17, 15) is 25.3 Å². The van der Waals surface area contributed by atoms with Gasteiger partial charge in [0, 0.05) is 58.1 Å². The summed E-state index contributed by atoms with van der Waals surface area (Å²) in [5.41, 5.74) is 15.5. The minimum Gasteiger partial charge on any atom is -0.857 e. The fourth-order valence-corrected chi connectivity index (χ4v) is 20.1. The largest absolute Gasteiger partial charge is 1.00 e. The van der Waals surface area contributed by atoms with Gasteiger partial charge in [-0.15, -0.1) is 0 Å². The van der Waals surface area contributed by atoms with Crippen LogP contribution in [0.25, 0.3) is 66.9 Å². The maximum Gasteiger partial charge on any atom is 1.00 e. The number of halogens is 3. The van der Waals surface area contributed by atoms with Gasteiger partial charge in [-0.2, -0.15) is 17.1 Å². The first-order valence-electron chi connectivity index (χ1n) is 40.1. The zero-order chi connectivity index (χ0) is 85.6. The molecule has 33 heteroatoms. The Kier molecular flexibility index (Phi) is 32.0. The van der Waals surface area contributed by atoms with Gasteiger partial charge in [0.1, 0.15) is 28.3 Å². The maximum absolute atomic E-state index is 13.6. The molecule has 4 aliphatic rings. The van der Waals surface area contributed by atoms with Crippen molar-refractivity contribution in [3.63, 3.8) is 0 Å². The van der Waals surface area contributed by atoms with Crippen LogP contribution in [0, 0.1) is 48.5 Å². The van der Waals surface area contributed by atoms with E-state index in [1.165, 1.54) is 85.0 Å². The number of fused-ring (bicyclic) bond motifs is 4. The fraction of sp³-hybridized carbons (Fsp3) is 0.318. The summed E-state index contributed by atoms with van der Waals surface area (Å²) in [6.45, 7) is 13.0. The Morgan fingerprint density at radius 3 is 1.09 bits per heavy atom. The van der Waals surface area contributed by atoms with Crippen LogP contribution >= 0.6 is 34.8 Å². The third-order valence-electron chi connectivity index (χ3n) is 21.2. The molecular formula is C88H99BCl3N16NaO9S3. The second kappa shape index (κ2) is 41.8. The van der Waals surface area contributed by atoms with Crippen LogP contribution in [-0.2, 0) is 30.1 Å². The molecule has 6 aromatic carbocycles. The molecule has 0 saturated heterocycles. The van der Waals surface area contributed by atoms with Crippen LogP contribution in [0.15, 0.2) is 203 Å². The number of aromatic nitrogens is 12. The summed E-state index contributed by atoms with van der Waals surface area (Å²) in [6.07, 6.45) is 19.4. The van der Waals surface area contributed by atoms with Crippen molar-refractivity contribution >= 4 is 139 Å². The molecule has 0 atom stereocenters. The van der Waals surface area contributed by atoms with E-state index in [2.05, 4.69) is 66.0 Å². The van der Waals surface area contributed by atoms with Crippen molar-refractivity contribution in [3.8, 4) is 22.8 Å². The molecule has 8 heterocycles. The minimum absolute atomic E-state index is 0. The van der Waals surface area contributed by atoms with Crippen molar-refractivity contribution < 1.29 is 70.0 Å². The molecule has 8 aromatic heterocycles. The topological polar surface area (TPSA) is 362 Å². The van der Waals surface area contributed by atoms with E-state index in [1.54, 1.807) is 118 Å². The van der Waals surface area contributed by atoms with Gasteiger partial charge >= 0.3 is 36.7 Å². The number of rotatable bonds is 15. The first-order chi connectivity index (χ1) is 57.6. The van der Waals surface area contributed by atoms with Crippen LogP contribution in [0.5, 0.6) is 0 Å². The minimum atomic E-state index is -3.81. The third kappa shape index (κ3) is 22.6. The molecule has 14 aromatic rings. The van der Waals surface area contributed by atoms with Crippen molar-refractivity contribution in [3.05, 3.63) is 243 Å².